The summed E-state index contributed by atoms with van der Waals surface area (Å²) in [5, 5.41) is 2.29. The molecule has 0 atom stereocenters. The van der Waals surface area contributed by atoms with E-state index >= 15 is 0 Å². The standard InChI is InChI=1S/C10H12FN3O6P2/c11-10(21(15,16)17,22(18,19)20)3-9-2-1-7(4-12-9)8-5-13-14-6-8/h1-2,4-6H,3H2,(H,13,14)(H2,15,16,17)(H2,18,19,20). The fourth-order valence-electron chi connectivity index (χ4n) is 1.71. The number of pyridine rings is 1. The highest BCUT2D eigenvalue weighted by atomic mass is 31.2. The van der Waals surface area contributed by atoms with Crippen molar-refractivity contribution in [2.45, 2.75) is 11.6 Å². The molecule has 0 aliphatic heterocycles. The van der Waals surface area contributed by atoms with Gasteiger partial charge in [0.25, 0.3) is 0 Å². The monoisotopic (exact) mass is 351 g/mol. The topological polar surface area (TPSA) is 157 Å². The van der Waals surface area contributed by atoms with Crippen LogP contribution in [0, 0.1) is 0 Å². The lowest BCUT2D eigenvalue weighted by Gasteiger charge is -2.26. The predicted octanol–water partition coefficient (Wildman–Crippen LogP) is 0.993. The molecule has 0 radical (unpaired) electrons. The second-order valence-corrected chi connectivity index (χ2v) is 8.46. The van der Waals surface area contributed by atoms with E-state index in [1.807, 2.05) is 0 Å². The molecule has 0 unspecified atom stereocenters. The van der Waals surface area contributed by atoms with Crippen LogP contribution in [0.15, 0.2) is 30.7 Å². The maximum Gasteiger partial charge on any atom is 0.375 e. The number of nitrogens with one attached hydrogen (secondary N) is 1. The molecular weight excluding hydrogens is 339 g/mol. The van der Waals surface area contributed by atoms with Crippen LogP contribution in [0.4, 0.5) is 4.39 Å². The first-order valence-corrected chi connectivity index (χ1v) is 9.01. The molecule has 2 aromatic rings. The summed E-state index contributed by atoms with van der Waals surface area (Å²) in [6.07, 6.45) is 3.13. The van der Waals surface area contributed by atoms with E-state index in [1.165, 1.54) is 24.5 Å². The normalized spacial score (nSPS) is 13.3. The smallest absolute Gasteiger partial charge is 0.322 e. The Bertz CT molecular complexity index is 717. The second kappa shape index (κ2) is 5.66. The van der Waals surface area contributed by atoms with E-state index in [9.17, 15) is 13.5 Å². The van der Waals surface area contributed by atoms with Gasteiger partial charge < -0.3 is 19.6 Å². The van der Waals surface area contributed by atoms with Crippen LogP contribution in [-0.2, 0) is 15.6 Å². The Balaban J connectivity index is 2.33. The molecule has 0 saturated heterocycles. The summed E-state index contributed by atoms with van der Waals surface area (Å²) >= 11 is 0. The molecule has 0 spiro atoms. The van der Waals surface area contributed by atoms with Crippen molar-refractivity contribution < 1.29 is 33.1 Å². The third-order valence-corrected chi connectivity index (χ3v) is 6.62. The average molecular weight is 351 g/mol. The van der Waals surface area contributed by atoms with Gasteiger partial charge in [0.15, 0.2) is 0 Å². The van der Waals surface area contributed by atoms with Gasteiger partial charge in [-0.05, 0) is 6.07 Å². The maximum absolute atomic E-state index is 14.3. The van der Waals surface area contributed by atoms with Gasteiger partial charge in [0.1, 0.15) is 0 Å². The number of alkyl halides is 1. The minimum Gasteiger partial charge on any atom is -0.322 e. The molecule has 0 saturated carbocycles. The van der Waals surface area contributed by atoms with Crippen LogP contribution >= 0.6 is 15.2 Å². The minimum absolute atomic E-state index is 0.207. The van der Waals surface area contributed by atoms with Gasteiger partial charge in [0.05, 0.1) is 6.20 Å². The molecular formula is C10H12FN3O6P2. The molecule has 2 aromatic heterocycles. The Labute approximate surface area is 123 Å². The molecule has 0 aliphatic carbocycles. The Kier molecular flexibility index (Phi) is 4.36. The van der Waals surface area contributed by atoms with Gasteiger partial charge in [-0.25, -0.2) is 4.39 Å². The molecule has 0 fully saturated rings. The summed E-state index contributed by atoms with van der Waals surface area (Å²) < 4.78 is 36.6. The van der Waals surface area contributed by atoms with Crippen molar-refractivity contribution in [3.8, 4) is 11.1 Å². The van der Waals surface area contributed by atoms with Crippen LogP contribution in [-0.4, -0.2) is 39.9 Å². The third kappa shape index (κ3) is 3.17. The number of halogens is 1. The van der Waals surface area contributed by atoms with Gasteiger partial charge >= 0.3 is 20.3 Å². The summed E-state index contributed by atoms with van der Waals surface area (Å²) in [6.45, 7) is 0. The highest BCUT2D eigenvalue weighted by Gasteiger charge is 2.61. The SMILES string of the molecule is O=P(O)(O)C(F)(Cc1ccc(-c2cn[nH]c2)cn1)P(=O)(O)O. The molecule has 5 N–H and O–H groups in total. The quantitative estimate of drug-likeness (QED) is 0.499. The zero-order valence-electron chi connectivity index (χ0n) is 10.9. The number of hydrogen-bond acceptors (Lipinski definition) is 4. The first kappa shape index (κ1) is 17.0. The Hall–Kier alpha value is -1.41. The molecule has 2 rings (SSSR count). The van der Waals surface area contributed by atoms with Crippen LogP contribution in [0.2, 0.25) is 0 Å². The zero-order valence-corrected chi connectivity index (χ0v) is 12.7. The van der Waals surface area contributed by atoms with Crippen molar-refractivity contribution in [2.75, 3.05) is 0 Å². The van der Waals surface area contributed by atoms with E-state index in [0.717, 1.165) is 0 Å². The first-order chi connectivity index (χ1) is 10.0. The van der Waals surface area contributed by atoms with Crippen molar-refractivity contribution in [2.24, 2.45) is 0 Å². The van der Waals surface area contributed by atoms with Gasteiger partial charge in [0, 0.05) is 35.6 Å². The van der Waals surface area contributed by atoms with Gasteiger partial charge in [-0.3, -0.25) is 19.2 Å². The fraction of sp³-hybridized carbons (Fsp3) is 0.200. The van der Waals surface area contributed by atoms with E-state index in [2.05, 4.69) is 15.2 Å². The summed E-state index contributed by atoms with van der Waals surface area (Å²) in [5.41, 5.74) is 1.06. The van der Waals surface area contributed by atoms with Crippen molar-refractivity contribution in [3.63, 3.8) is 0 Å². The zero-order chi connectivity index (χ0) is 16.6. The second-order valence-electron chi connectivity index (χ2n) is 4.51. The lowest BCUT2D eigenvalue weighted by Crippen LogP contribution is -2.26. The molecule has 0 amide bonds. The van der Waals surface area contributed by atoms with Crippen LogP contribution in [0.5, 0.6) is 0 Å². The maximum atomic E-state index is 14.3. The van der Waals surface area contributed by atoms with E-state index in [-0.39, 0.29) is 5.69 Å². The summed E-state index contributed by atoms with van der Waals surface area (Å²) in [4.78, 5) is 39.5. The van der Waals surface area contributed by atoms with Crippen LogP contribution in [0.25, 0.3) is 11.1 Å². The van der Waals surface area contributed by atoms with Crippen LogP contribution < -0.4 is 0 Å². The predicted molar refractivity (Wildman–Crippen MR) is 73.4 cm³/mol. The van der Waals surface area contributed by atoms with Crippen molar-refractivity contribution in [1.29, 1.82) is 0 Å². The lowest BCUT2D eigenvalue weighted by molar-refractivity contribution is 0.221. The highest BCUT2D eigenvalue weighted by Crippen LogP contribution is 2.70. The van der Waals surface area contributed by atoms with Crippen LogP contribution in [0.1, 0.15) is 5.69 Å². The number of aromatic amines is 1. The van der Waals surface area contributed by atoms with E-state index < -0.39 is 26.8 Å². The Morgan fingerprint density at radius 2 is 1.73 bits per heavy atom. The highest BCUT2D eigenvalue weighted by molar-refractivity contribution is 7.72. The number of nitrogens with zero attached hydrogens (tertiary/aromatic N) is 2. The molecule has 120 valence electrons. The summed E-state index contributed by atoms with van der Waals surface area (Å²) in [6, 6.07) is 2.69. The van der Waals surface area contributed by atoms with Gasteiger partial charge in [-0.2, -0.15) is 5.10 Å². The number of aromatic nitrogens is 3. The molecule has 9 nitrogen and oxygen atoms in total. The van der Waals surface area contributed by atoms with Gasteiger partial charge in [0.2, 0.25) is 0 Å². The number of H-pyrrole nitrogens is 1. The number of rotatable bonds is 5. The first-order valence-electron chi connectivity index (χ1n) is 5.79. The molecule has 0 aromatic carbocycles. The third-order valence-electron chi connectivity index (χ3n) is 2.96. The molecule has 2 heterocycles. The van der Waals surface area contributed by atoms with Gasteiger partial charge in [-0.1, -0.05) is 6.07 Å². The minimum atomic E-state index is -5.72. The molecule has 12 heteroatoms. The molecule has 0 bridgehead atoms. The van der Waals surface area contributed by atoms with Crippen molar-refractivity contribution in [3.05, 3.63) is 36.4 Å². The number of hydrogen-bond donors (Lipinski definition) is 5. The van der Waals surface area contributed by atoms with Crippen LogP contribution in [0.3, 0.4) is 0 Å². The average Bonchev–Trinajstić information content (AvgIpc) is 2.90. The Morgan fingerprint density at radius 3 is 2.14 bits per heavy atom. The van der Waals surface area contributed by atoms with E-state index in [0.29, 0.717) is 11.1 Å². The molecule has 22 heavy (non-hydrogen) atoms. The van der Waals surface area contributed by atoms with Crippen molar-refractivity contribution >= 4 is 15.2 Å². The van der Waals surface area contributed by atoms with E-state index in [4.69, 9.17) is 19.6 Å². The molecule has 0 aliphatic rings. The summed E-state index contributed by atoms with van der Waals surface area (Å²) in [5.74, 6) is 0. The summed E-state index contributed by atoms with van der Waals surface area (Å²) in [7, 11) is -11.4. The van der Waals surface area contributed by atoms with Crippen molar-refractivity contribution in [1.82, 2.24) is 15.2 Å². The largest absolute Gasteiger partial charge is 0.375 e. The van der Waals surface area contributed by atoms with Gasteiger partial charge in [-0.15, -0.1) is 0 Å². The lowest BCUT2D eigenvalue weighted by atomic mass is 10.1. The van der Waals surface area contributed by atoms with E-state index in [1.54, 1.807) is 6.20 Å². The Morgan fingerprint density at radius 1 is 1.09 bits per heavy atom. The fourth-order valence-corrected chi connectivity index (χ4v) is 3.81.